The second kappa shape index (κ2) is 9.42. The largest absolute Gasteiger partial charge is 0.376 e. The Balaban J connectivity index is 1.23. The van der Waals surface area contributed by atoms with Crippen LogP contribution in [0, 0.1) is 5.41 Å². The minimum absolute atomic E-state index is 0.105. The smallest absolute Gasteiger partial charge is 0.192 e. The zero-order chi connectivity index (χ0) is 22.8. The molecular formula is C23H26ClN7OS. The number of nitrogens with zero attached hydrogens (tertiary/aromatic N) is 5. The quantitative estimate of drug-likeness (QED) is 0.518. The van der Waals surface area contributed by atoms with Gasteiger partial charge in [-0.15, -0.1) is 0 Å². The van der Waals surface area contributed by atoms with Crippen LogP contribution in [0.4, 0.5) is 17.2 Å². The van der Waals surface area contributed by atoms with Gasteiger partial charge in [-0.25, -0.2) is 15.0 Å². The van der Waals surface area contributed by atoms with Gasteiger partial charge in [-0.1, -0.05) is 17.7 Å². The van der Waals surface area contributed by atoms with Gasteiger partial charge in [0.2, 0.25) is 0 Å². The normalized spacial score (nSPS) is 22.0. The molecule has 3 aromatic rings. The first-order valence-electron chi connectivity index (χ1n) is 11.0. The molecule has 4 heterocycles. The maximum atomic E-state index is 6.63. The van der Waals surface area contributed by atoms with Crippen molar-refractivity contribution in [2.24, 2.45) is 11.1 Å². The number of nitrogens with two attached hydrogens (primary N) is 1. The second-order valence-corrected chi connectivity index (χ2v) is 9.94. The standard InChI is InChI=1S/C23H26ClN7OS/c1-15-21(25)23(14-32-15)5-9-31(10-6-23)16-11-28-22(29-12-16)33-18-4-2-3-17(20(18)24)30-19-13-26-7-8-27-19/h2-4,7-8,11-13,15,21H,5-6,9-10,14,25H2,1H3,(H,27,30)/t15-,21+/m0/s1. The molecule has 2 atom stereocenters. The predicted octanol–water partition coefficient (Wildman–Crippen LogP) is 4.15. The first-order chi connectivity index (χ1) is 16.0. The number of aromatic nitrogens is 4. The number of halogens is 1. The summed E-state index contributed by atoms with van der Waals surface area (Å²) < 4.78 is 5.83. The molecule has 2 aliphatic heterocycles. The highest BCUT2D eigenvalue weighted by atomic mass is 35.5. The molecule has 1 aromatic carbocycles. The number of anilines is 3. The summed E-state index contributed by atoms with van der Waals surface area (Å²) in [4.78, 5) is 20.6. The molecule has 8 nitrogen and oxygen atoms in total. The van der Waals surface area contributed by atoms with Crippen LogP contribution in [0.15, 0.2) is 59.2 Å². The summed E-state index contributed by atoms with van der Waals surface area (Å²) in [6.07, 6.45) is 10.9. The van der Waals surface area contributed by atoms with Gasteiger partial charge in [-0.2, -0.15) is 0 Å². The van der Waals surface area contributed by atoms with E-state index in [2.05, 4.69) is 37.1 Å². The fourth-order valence-electron chi connectivity index (χ4n) is 4.49. The Morgan fingerprint density at radius 2 is 1.94 bits per heavy atom. The summed E-state index contributed by atoms with van der Waals surface area (Å²) >= 11 is 8.06. The van der Waals surface area contributed by atoms with Crippen molar-refractivity contribution in [1.82, 2.24) is 19.9 Å². The fourth-order valence-corrected chi connectivity index (χ4v) is 5.54. The molecule has 1 spiro atoms. The van der Waals surface area contributed by atoms with Crippen LogP contribution in [-0.2, 0) is 4.74 Å². The minimum atomic E-state index is 0.105. The number of rotatable bonds is 5. The average Bonchev–Trinajstić information content (AvgIpc) is 3.12. The molecular weight excluding hydrogens is 458 g/mol. The molecule has 3 N–H and O–H groups in total. The number of benzene rings is 1. The van der Waals surface area contributed by atoms with Crippen LogP contribution < -0.4 is 16.0 Å². The molecule has 0 radical (unpaired) electrons. The third-order valence-corrected chi connectivity index (χ3v) is 8.05. The predicted molar refractivity (Wildman–Crippen MR) is 130 cm³/mol. The molecule has 5 rings (SSSR count). The number of hydrogen-bond acceptors (Lipinski definition) is 9. The Morgan fingerprint density at radius 3 is 2.61 bits per heavy atom. The van der Waals surface area contributed by atoms with Crippen LogP contribution in [0.5, 0.6) is 0 Å². The van der Waals surface area contributed by atoms with Gasteiger partial charge < -0.3 is 20.7 Å². The van der Waals surface area contributed by atoms with E-state index in [9.17, 15) is 0 Å². The van der Waals surface area contributed by atoms with Gasteiger partial charge in [-0.05, 0) is 43.7 Å². The highest BCUT2D eigenvalue weighted by Gasteiger charge is 2.47. The van der Waals surface area contributed by atoms with Crippen molar-refractivity contribution >= 4 is 40.6 Å². The Labute approximate surface area is 202 Å². The molecule has 0 unspecified atom stereocenters. The first-order valence-corrected chi connectivity index (χ1v) is 12.2. The molecule has 10 heteroatoms. The van der Waals surface area contributed by atoms with Gasteiger partial charge in [-0.3, -0.25) is 4.98 Å². The molecule has 2 aliphatic rings. The van der Waals surface area contributed by atoms with E-state index >= 15 is 0 Å². The van der Waals surface area contributed by atoms with Crippen molar-refractivity contribution in [3.05, 3.63) is 54.2 Å². The SMILES string of the molecule is C[C@@H]1OCC2(CCN(c3cnc(Sc4cccc(Nc5cnccn5)c4Cl)nc3)CC2)[C@@H]1N. The van der Waals surface area contributed by atoms with E-state index in [1.165, 1.54) is 11.8 Å². The maximum Gasteiger partial charge on any atom is 0.192 e. The van der Waals surface area contributed by atoms with Crippen molar-refractivity contribution in [3.8, 4) is 0 Å². The summed E-state index contributed by atoms with van der Waals surface area (Å²) in [6.45, 7) is 4.70. The number of hydrogen-bond donors (Lipinski definition) is 2. The van der Waals surface area contributed by atoms with Crippen LogP contribution in [0.1, 0.15) is 19.8 Å². The molecule has 0 amide bonds. The van der Waals surface area contributed by atoms with Gasteiger partial charge in [0.05, 0.1) is 47.7 Å². The summed E-state index contributed by atoms with van der Waals surface area (Å²) in [5.41, 5.74) is 8.32. The summed E-state index contributed by atoms with van der Waals surface area (Å²) in [6, 6.07) is 5.89. The number of nitrogens with one attached hydrogen (secondary N) is 1. The summed E-state index contributed by atoms with van der Waals surface area (Å²) in [5.74, 6) is 0.630. The Morgan fingerprint density at radius 1 is 1.15 bits per heavy atom. The molecule has 2 saturated heterocycles. The van der Waals surface area contributed by atoms with E-state index in [-0.39, 0.29) is 17.6 Å². The van der Waals surface area contributed by atoms with Crippen LogP contribution in [0.2, 0.25) is 5.02 Å². The lowest BCUT2D eigenvalue weighted by Gasteiger charge is -2.41. The van der Waals surface area contributed by atoms with Gasteiger partial charge in [0, 0.05) is 41.8 Å². The monoisotopic (exact) mass is 483 g/mol. The Hall–Kier alpha value is -2.46. The Kier molecular flexibility index (Phi) is 6.38. The highest BCUT2D eigenvalue weighted by Crippen LogP contribution is 2.42. The summed E-state index contributed by atoms with van der Waals surface area (Å²) in [7, 11) is 0. The average molecular weight is 484 g/mol. The van der Waals surface area contributed by atoms with Gasteiger partial charge in [0.15, 0.2) is 5.16 Å². The zero-order valence-corrected chi connectivity index (χ0v) is 19.9. The molecule has 0 aliphatic carbocycles. The van der Waals surface area contributed by atoms with E-state index in [0.717, 1.165) is 48.8 Å². The topological polar surface area (TPSA) is 102 Å². The van der Waals surface area contributed by atoms with Crippen LogP contribution >= 0.6 is 23.4 Å². The maximum absolute atomic E-state index is 6.63. The van der Waals surface area contributed by atoms with Crippen molar-refractivity contribution in [2.45, 2.75) is 42.0 Å². The van der Waals surface area contributed by atoms with Crippen LogP contribution in [-0.4, -0.2) is 51.8 Å². The molecule has 0 saturated carbocycles. The van der Waals surface area contributed by atoms with Crippen molar-refractivity contribution in [2.75, 3.05) is 29.9 Å². The molecule has 2 aromatic heterocycles. The molecule has 172 valence electrons. The number of ether oxygens (including phenoxy) is 1. The van der Waals surface area contributed by atoms with Crippen LogP contribution in [0.25, 0.3) is 0 Å². The van der Waals surface area contributed by atoms with Crippen molar-refractivity contribution < 1.29 is 4.74 Å². The van der Waals surface area contributed by atoms with Gasteiger partial charge in [0.25, 0.3) is 0 Å². The summed E-state index contributed by atoms with van der Waals surface area (Å²) in [5, 5.41) is 4.43. The number of piperidine rings is 1. The minimum Gasteiger partial charge on any atom is -0.376 e. The second-order valence-electron chi connectivity index (χ2n) is 8.55. The fraction of sp³-hybridized carbons (Fsp3) is 0.391. The molecule has 33 heavy (non-hydrogen) atoms. The van der Waals surface area contributed by atoms with E-state index in [4.69, 9.17) is 22.1 Å². The van der Waals surface area contributed by atoms with Crippen molar-refractivity contribution in [1.29, 1.82) is 0 Å². The van der Waals surface area contributed by atoms with E-state index in [1.54, 1.807) is 18.6 Å². The van der Waals surface area contributed by atoms with E-state index in [1.807, 2.05) is 30.6 Å². The first kappa shape index (κ1) is 22.3. The molecule has 2 fully saturated rings. The van der Waals surface area contributed by atoms with Gasteiger partial charge in [0.1, 0.15) is 5.82 Å². The lowest BCUT2D eigenvalue weighted by atomic mass is 9.73. The zero-order valence-electron chi connectivity index (χ0n) is 18.3. The van der Waals surface area contributed by atoms with Crippen LogP contribution in [0.3, 0.4) is 0 Å². The third-order valence-electron chi connectivity index (χ3n) is 6.58. The molecule has 0 bridgehead atoms. The lowest BCUT2D eigenvalue weighted by molar-refractivity contribution is 0.0974. The third kappa shape index (κ3) is 4.63. The van der Waals surface area contributed by atoms with E-state index < -0.39 is 0 Å². The van der Waals surface area contributed by atoms with Gasteiger partial charge >= 0.3 is 0 Å². The highest BCUT2D eigenvalue weighted by molar-refractivity contribution is 7.99. The van der Waals surface area contributed by atoms with Crippen molar-refractivity contribution in [3.63, 3.8) is 0 Å². The lowest BCUT2D eigenvalue weighted by Crippen LogP contribution is -2.50. The van der Waals surface area contributed by atoms with E-state index in [0.29, 0.717) is 16.0 Å². The Bertz CT molecular complexity index is 1090.